The number of hydrogen-bond donors (Lipinski definition) is 2. The van der Waals surface area contributed by atoms with Crippen LogP contribution in [0.15, 0.2) is 66.7 Å². The van der Waals surface area contributed by atoms with E-state index in [-0.39, 0.29) is 5.82 Å². The Morgan fingerprint density at radius 3 is 1.11 bits per heavy atom. The maximum Gasteiger partial charge on any atom is 0.123 e. The first-order valence-corrected chi connectivity index (χ1v) is 6.51. The van der Waals surface area contributed by atoms with E-state index in [0.717, 1.165) is 26.2 Å². The van der Waals surface area contributed by atoms with Crippen LogP contribution in [0.2, 0.25) is 0 Å². The first-order valence-electron chi connectivity index (χ1n) is 6.51. The molecule has 1 saturated heterocycles. The van der Waals surface area contributed by atoms with Crippen LogP contribution < -0.4 is 10.6 Å². The van der Waals surface area contributed by atoms with Crippen LogP contribution in [0.1, 0.15) is 0 Å². The minimum atomic E-state index is -0.178. The molecule has 0 bridgehead atoms. The lowest BCUT2D eigenvalue weighted by Crippen LogP contribution is -2.39. The number of rotatable bonds is 0. The molecule has 0 radical (unpaired) electrons. The van der Waals surface area contributed by atoms with E-state index in [9.17, 15) is 4.39 Å². The zero-order chi connectivity index (χ0) is 13.6. The quantitative estimate of drug-likeness (QED) is 0.761. The minimum Gasteiger partial charge on any atom is -0.314 e. The highest BCUT2D eigenvalue weighted by molar-refractivity contribution is 5.02. The molecule has 19 heavy (non-hydrogen) atoms. The Kier molecular flexibility index (Phi) is 9.20. The van der Waals surface area contributed by atoms with Crippen LogP contribution in [0.3, 0.4) is 0 Å². The molecule has 0 atom stereocenters. The summed E-state index contributed by atoms with van der Waals surface area (Å²) >= 11 is 0. The van der Waals surface area contributed by atoms with Gasteiger partial charge in [-0.1, -0.05) is 54.6 Å². The molecular formula is C16H21FN2. The van der Waals surface area contributed by atoms with E-state index in [1.807, 2.05) is 36.4 Å². The Hall–Kier alpha value is -1.71. The third kappa shape index (κ3) is 9.94. The normalized spacial score (nSPS) is 13.3. The standard InChI is InChI=1S/C6H5F.C6H6.C4H10N2/c7-6-4-2-1-3-5-6;1-2-4-6-5-3-1;1-2-6-4-3-5-1/h1-5H;1-6H;5-6H,1-4H2. The fourth-order valence-corrected chi connectivity index (χ4v) is 1.40. The van der Waals surface area contributed by atoms with Crippen LogP contribution in [-0.4, -0.2) is 26.2 Å². The zero-order valence-electron chi connectivity index (χ0n) is 11.1. The molecule has 0 spiro atoms. The van der Waals surface area contributed by atoms with Crippen LogP contribution in [-0.2, 0) is 0 Å². The van der Waals surface area contributed by atoms with Crippen molar-refractivity contribution in [1.82, 2.24) is 10.6 Å². The van der Waals surface area contributed by atoms with E-state index in [2.05, 4.69) is 10.6 Å². The van der Waals surface area contributed by atoms with E-state index in [4.69, 9.17) is 0 Å². The summed E-state index contributed by atoms with van der Waals surface area (Å²) < 4.78 is 11.9. The van der Waals surface area contributed by atoms with Gasteiger partial charge in [0, 0.05) is 26.2 Å². The van der Waals surface area contributed by atoms with Gasteiger partial charge in [-0.25, -0.2) is 4.39 Å². The molecule has 1 heterocycles. The molecular weight excluding hydrogens is 239 g/mol. The van der Waals surface area contributed by atoms with Crippen molar-refractivity contribution in [2.45, 2.75) is 0 Å². The molecule has 102 valence electrons. The molecule has 0 amide bonds. The molecule has 2 aromatic rings. The van der Waals surface area contributed by atoms with Gasteiger partial charge < -0.3 is 10.6 Å². The van der Waals surface area contributed by atoms with Gasteiger partial charge in [-0.05, 0) is 12.1 Å². The number of hydrogen-bond acceptors (Lipinski definition) is 2. The molecule has 0 unspecified atom stereocenters. The SMILES string of the molecule is C1CNCCN1.Fc1ccccc1.c1ccccc1. The lowest BCUT2D eigenvalue weighted by Gasteiger charge is -2.11. The average Bonchev–Trinajstić information content (AvgIpc) is 2.53. The van der Waals surface area contributed by atoms with Gasteiger partial charge in [0.05, 0.1) is 0 Å². The second-order valence-electron chi connectivity index (χ2n) is 3.95. The Morgan fingerprint density at radius 2 is 0.895 bits per heavy atom. The Morgan fingerprint density at radius 1 is 0.579 bits per heavy atom. The predicted octanol–water partition coefficient (Wildman–Crippen LogP) is 2.69. The Bertz CT molecular complexity index is 350. The highest BCUT2D eigenvalue weighted by Gasteiger charge is 1.91. The highest BCUT2D eigenvalue weighted by atomic mass is 19.1. The summed E-state index contributed by atoms with van der Waals surface area (Å²) in [6.45, 7) is 4.56. The largest absolute Gasteiger partial charge is 0.314 e. The molecule has 0 saturated carbocycles. The van der Waals surface area contributed by atoms with E-state index in [0.29, 0.717) is 0 Å². The molecule has 1 aliphatic heterocycles. The first kappa shape index (κ1) is 15.3. The van der Waals surface area contributed by atoms with Gasteiger partial charge in [-0.2, -0.15) is 0 Å². The van der Waals surface area contributed by atoms with Gasteiger partial charge >= 0.3 is 0 Å². The van der Waals surface area contributed by atoms with Crippen LogP contribution in [0.25, 0.3) is 0 Å². The smallest absolute Gasteiger partial charge is 0.123 e. The Balaban J connectivity index is 0.000000143. The van der Waals surface area contributed by atoms with Crippen molar-refractivity contribution >= 4 is 0 Å². The van der Waals surface area contributed by atoms with Crippen molar-refractivity contribution < 1.29 is 4.39 Å². The van der Waals surface area contributed by atoms with E-state index in [1.54, 1.807) is 18.2 Å². The second-order valence-corrected chi connectivity index (χ2v) is 3.95. The second kappa shape index (κ2) is 11.4. The fraction of sp³-hybridized carbons (Fsp3) is 0.250. The molecule has 1 aliphatic rings. The van der Waals surface area contributed by atoms with Crippen LogP contribution >= 0.6 is 0 Å². The number of halogens is 1. The van der Waals surface area contributed by atoms with Crippen LogP contribution in [0, 0.1) is 5.82 Å². The molecule has 2 aromatic carbocycles. The number of piperazine rings is 1. The van der Waals surface area contributed by atoms with Crippen molar-refractivity contribution in [3.63, 3.8) is 0 Å². The molecule has 2 nitrogen and oxygen atoms in total. The molecule has 0 aliphatic carbocycles. The summed E-state index contributed by atoms with van der Waals surface area (Å²) in [5.74, 6) is -0.178. The lowest BCUT2D eigenvalue weighted by molar-refractivity contribution is 0.534. The monoisotopic (exact) mass is 260 g/mol. The van der Waals surface area contributed by atoms with Crippen molar-refractivity contribution in [1.29, 1.82) is 0 Å². The Labute approximate surface area is 114 Å². The summed E-state index contributed by atoms with van der Waals surface area (Å²) in [5, 5.41) is 6.44. The molecule has 3 heteroatoms. The van der Waals surface area contributed by atoms with Gasteiger partial charge in [0.25, 0.3) is 0 Å². The fourth-order valence-electron chi connectivity index (χ4n) is 1.40. The zero-order valence-corrected chi connectivity index (χ0v) is 11.1. The maximum absolute atomic E-state index is 11.9. The van der Waals surface area contributed by atoms with Gasteiger partial charge in [-0.15, -0.1) is 0 Å². The summed E-state index contributed by atoms with van der Waals surface area (Å²) in [5.41, 5.74) is 0. The van der Waals surface area contributed by atoms with Crippen molar-refractivity contribution in [3.05, 3.63) is 72.5 Å². The molecule has 2 N–H and O–H groups in total. The van der Waals surface area contributed by atoms with Gasteiger partial charge in [0.2, 0.25) is 0 Å². The van der Waals surface area contributed by atoms with E-state index >= 15 is 0 Å². The van der Waals surface area contributed by atoms with Crippen LogP contribution in [0.5, 0.6) is 0 Å². The lowest BCUT2D eigenvalue weighted by atomic mass is 10.4. The van der Waals surface area contributed by atoms with Crippen molar-refractivity contribution in [3.8, 4) is 0 Å². The first-order chi connectivity index (χ1) is 9.39. The van der Waals surface area contributed by atoms with E-state index < -0.39 is 0 Å². The maximum atomic E-state index is 11.9. The molecule has 0 aromatic heterocycles. The topological polar surface area (TPSA) is 24.1 Å². The predicted molar refractivity (Wildman–Crippen MR) is 78.6 cm³/mol. The van der Waals surface area contributed by atoms with E-state index in [1.165, 1.54) is 12.1 Å². The molecule has 1 fully saturated rings. The van der Waals surface area contributed by atoms with Crippen molar-refractivity contribution in [2.75, 3.05) is 26.2 Å². The van der Waals surface area contributed by atoms with Crippen molar-refractivity contribution in [2.24, 2.45) is 0 Å². The average molecular weight is 260 g/mol. The van der Waals surface area contributed by atoms with Gasteiger partial charge in [0.15, 0.2) is 0 Å². The summed E-state index contributed by atoms with van der Waals surface area (Å²) in [6.07, 6.45) is 0. The third-order valence-corrected chi connectivity index (χ3v) is 2.36. The number of benzene rings is 2. The summed E-state index contributed by atoms with van der Waals surface area (Å²) in [4.78, 5) is 0. The van der Waals surface area contributed by atoms with Crippen LogP contribution in [0.4, 0.5) is 4.39 Å². The third-order valence-electron chi connectivity index (χ3n) is 2.36. The highest BCUT2D eigenvalue weighted by Crippen LogP contribution is 1.91. The van der Waals surface area contributed by atoms with Gasteiger partial charge in [0.1, 0.15) is 5.82 Å². The molecule has 3 rings (SSSR count). The van der Waals surface area contributed by atoms with Gasteiger partial charge in [-0.3, -0.25) is 0 Å². The number of nitrogens with one attached hydrogen (secondary N) is 2. The minimum absolute atomic E-state index is 0.178. The summed E-state index contributed by atoms with van der Waals surface area (Å²) in [6, 6.07) is 19.9. The summed E-state index contributed by atoms with van der Waals surface area (Å²) in [7, 11) is 0.